The molecule has 2 aliphatic rings. The van der Waals surface area contributed by atoms with Crippen molar-refractivity contribution in [2.75, 3.05) is 31.2 Å². The SMILES string of the molecule is NCC1COCCN1c1cc(=O)[nH]c(C2CC2)n1. The number of aromatic amines is 1. The number of nitrogens with one attached hydrogen (secondary N) is 1. The Morgan fingerprint density at radius 1 is 1.56 bits per heavy atom. The third-order valence-corrected chi connectivity index (χ3v) is 3.50. The Bertz CT molecular complexity index is 483. The van der Waals surface area contributed by atoms with Crippen molar-refractivity contribution < 1.29 is 4.74 Å². The molecule has 2 fully saturated rings. The lowest BCUT2D eigenvalue weighted by atomic mass is 10.2. The average molecular weight is 250 g/mol. The van der Waals surface area contributed by atoms with Gasteiger partial charge in [0.1, 0.15) is 11.6 Å². The summed E-state index contributed by atoms with van der Waals surface area (Å²) >= 11 is 0. The summed E-state index contributed by atoms with van der Waals surface area (Å²) in [4.78, 5) is 21.2. The quantitative estimate of drug-likeness (QED) is 0.777. The van der Waals surface area contributed by atoms with E-state index in [0.717, 1.165) is 31.0 Å². The molecule has 0 spiro atoms. The van der Waals surface area contributed by atoms with E-state index in [9.17, 15) is 4.79 Å². The second kappa shape index (κ2) is 4.70. The highest BCUT2D eigenvalue weighted by Gasteiger charge is 2.28. The normalized spacial score (nSPS) is 24.3. The number of morpholine rings is 1. The van der Waals surface area contributed by atoms with E-state index in [2.05, 4.69) is 14.9 Å². The number of nitrogens with two attached hydrogens (primary N) is 1. The summed E-state index contributed by atoms with van der Waals surface area (Å²) < 4.78 is 5.41. The fourth-order valence-electron chi connectivity index (χ4n) is 2.31. The van der Waals surface area contributed by atoms with Crippen molar-refractivity contribution in [3.05, 3.63) is 22.2 Å². The van der Waals surface area contributed by atoms with Crippen molar-refractivity contribution in [2.24, 2.45) is 5.73 Å². The predicted octanol–water partition coefficient (Wildman–Crippen LogP) is -0.189. The van der Waals surface area contributed by atoms with E-state index in [1.807, 2.05) is 0 Å². The van der Waals surface area contributed by atoms with Crippen molar-refractivity contribution in [3.63, 3.8) is 0 Å². The van der Waals surface area contributed by atoms with Crippen molar-refractivity contribution >= 4 is 5.82 Å². The summed E-state index contributed by atoms with van der Waals surface area (Å²) in [6.07, 6.45) is 2.24. The number of hydrogen-bond acceptors (Lipinski definition) is 5. The van der Waals surface area contributed by atoms with Crippen LogP contribution in [0.15, 0.2) is 10.9 Å². The van der Waals surface area contributed by atoms with Gasteiger partial charge in [-0.1, -0.05) is 0 Å². The van der Waals surface area contributed by atoms with Gasteiger partial charge in [-0.3, -0.25) is 4.79 Å². The lowest BCUT2D eigenvalue weighted by molar-refractivity contribution is 0.0958. The van der Waals surface area contributed by atoms with Crippen LogP contribution in [0.2, 0.25) is 0 Å². The highest BCUT2D eigenvalue weighted by atomic mass is 16.5. The van der Waals surface area contributed by atoms with Gasteiger partial charge in [0.25, 0.3) is 5.56 Å². The fraction of sp³-hybridized carbons (Fsp3) is 0.667. The summed E-state index contributed by atoms with van der Waals surface area (Å²) in [7, 11) is 0. The fourth-order valence-corrected chi connectivity index (χ4v) is 2.31. The molecule has 1 aliphatic heterocycles. The van der Waals surface area contributed by atoms with Crippen LogP contribution in [-0.4, -0.2) is 42.3 Å². The summed E-state index contributed by atoms with van der Waals surface area (Å²) in [5, 5.41) is 0. The Kier molecular flexibility index (Phi) is 3.05. The minimum absolute atomic E-state index is 0.0795. The van der Waals surface area contributed by atoms with Crippen molar-refractivity contribution in [1.29, 1.82) is 0 Å². The molecule has 1 saturated carbocycles. The molecule has 1 unspecified atom stereocenters. The third kappa shape index (κ3) is 2.26. The molecule has 0 aromatic carbocycles. The Morgan fingerprint density at radius 3 is 3.11 bits per heavy atom. The van der Waals surface area contributed by atoms with Crippen LogP contribution in [0.25, 0.3) is 0 Å². The van der Waals surface area contributed by atoms with Crippen LogP contribution in [0.5, 0.6) is 0 Å². The Labute approximate surface area is 105 Å². The molecular weight excluding hydrogens is 232 g/mol. The van der Waals surface area contributed by atoms with Gasteiger partial charge in [-0.15, -0.1) is 0 Å². The first kappa shape index (κ1) is 11.7. The smallest absolute Gasteiger partial charge is 0.252 e. The van der Waals surface area contributed by atoms with Gasteiger partial charge in [-0.25, -0.2) is 4.98 Å². The number of hydrogen-bond donors (Lipinski definition) is 2. The molecule has 1 aliphatic carbocycles. The molecule has 1 saturated heterocycles. The Hall–Kier alpha value is -1.40. The monoisotopic (exact) mass is 250 g/mol. The van der Waals surface area contributed by atoms with Crippen LogP contribution in [0.1, 0.15) is 24.6 Å². The molecule has 6 heteroatoms. The molecule has 1 aromatic rings. The van der Waals surface area contributed by atoms with Gasteiger partial charge in [0.15, 0.2) is 0 Å². The van der Waals surface area contributed by atoms with Crippen LogP contribution < -0.4 is 16.2 Å². The molecule has 0 bridgehead atoms. The number of ether oxygens (including phenoxy) is 1. The Morgan fingerprint density at radius 2 is 2.39 bits per heavy atom. The van der Waals surface area contributed by atoms with Crippen molar-refractivity contribution in [1.82, 2.24) is 9.97 Å². The van der Waals surface area contributed by atoms with Crippen LogP contribution in [0.3, 0.4) is 0 Å². The van der Waals surface area contributed by atoms with Gasteiger partial charge in [0.05, 0.1) is 19.3 Å². The molecule has 0 radical (unpaired) electrons. The van der Waals surface area contributed by atoms with Gasteiger partial charge in [-0.05, 0) is 12.8 Å². The summed E-state index contributed by atoms with van der Waals surface area (Å²) in [5.74, 6) is 1.99. The predicted molar refractivity (Wildman–Crippen MR) is 67.8 cm³/mol. The lowest BCUT2D eigenvalue weighted by Gasteiger charge is -2.35. The van der Waals surface area contributed by atoms with Crippen LogP contribution in [0, 0.1) is 0 Å². The van der Waals surface area contributed by atoms with Gasteiger partial charge in [0.2, 0.25) is 0 Å². The third-order valence-electron chi connectivity index (χ3n) is 3.50. The summed E-state index contributed by atoms with van der Waals surface area (Å²) in [6.45, 7) is 2.50. The highest BCUT2D eigenvalue weighted by molar-refractivity contribution is 5.40. The number of rotatable bonds is 3. The van der Waals surface area contributed by atoms with Gasteiger partial charge >= 0.3 is 0 Å². The summed E-state index contributed by atoms with van der Waals surface area (Å²) in [6, 6.07) is 1.67. The van der Waals surface area contributed by atoms with E-state index in [4.69, 9.17) is 10.5 Å². The number of anilines is 1. The first-order valence-electron chi connectivity index (χ1n) is 6.43. The average Bonchev–Trinajstić information content (AvgIpc) is 3.22. The molecule has 1 aromatic heterocycles. The maximum atomic E-state index is 11.7. The molecule has 18 heavy (non-hydrogen) atoms. The lowest BCUT2D eigenvalue weighted by Crippen LogP contribution is -2.50. The molecule has 98 valence electrons. The molecule has 1 atom stereocenters. The molecule has 6 nitrogen and oxygen atoms in total. The minimum atomic E-state index is -0.0795. The number of aromatic nitrogens is 2. The van der Waals surface area contributed by atoms with E-state index >= 15 is 0 Å². The largest absolute Gasteiger partial charge is 0.377 e. The molecule has 3 rings (SSSR count). The zero-order valence-corrected chi connectivity index (χ0v) is 10.3. The molecule has 0 amide bonds. The van der Waals surface area contributed by atoms with Crippen LogP contribution >= 0.6 is 0 Å². The van der Waals surface area contributed by atoms with Gasteiger partial charge in [-0.2, -0.15) is 0 Å². The topological polar surface area (TPSA) is 84.2 Å². The second-order valence-electron chi connectivity index (χ2n) is 4.92. The minimum Gasteiger partial charge on any atom is -0.377 e. The van der Waals surface area contributed by atoms with Crippen molar-refractivity contribution in [2.45, 2.75) is 24.8 Å². The second-order valence-corrected chi connectivity index (χ2v) is 4.92. The first-order chi connectivity index (χ1) is 8.78. The zero-order valence-electron chi connectivity index (χ0n) is 10.3. The van der Waals surface area contributed by atoms with E-state index in [-0.39, 0.29) is 11.6 Å². The molecular formula is C12H18N4O2. The standard InChI is InChI=1S/C12H18N4O2/c13-6-9-7-18-4-3-16(9)10-5-11(17)15-12(14-10)8-1-2-8/h5,8-9H,1-4,6-7,13H2,(H,14,15,17). The maximum Gasteiger partial charge on any atom is 0.252 e. The number of nitrogens with zero attached hydrogens (tertiary/aromatic N) is 2. The van der Waals surface area contributed by atoms with E-state index in [1.165, 1.54) is 0 Å². The maximum absolute atomic E-state index is 11.7. The van der Waals surface area contributed by atoms with Crippen LogP contribution in [-0.2, 0) is 4.74 Å². The Balaban J connectivity index is 1.91. The highest BCUT2D eigenvalue weighted by Crippen LogP contribution is 2.38. The number of H-pyrrole nitrogens is 1. The van der Waals surface area contributed by atoms with E-state index < -0.39 is 0 Å². The molecule has 3 N–H and O–H groups in total. The van der Waals surface area contributed by atoms with Gasteiger partial charge < -0.3 is 20.4 Å². The first-order valence-corrected chi connectivity index (χ1v) is 6.43. The van der Waals surface area contributed by atoms with E-state index in [1.54, 1.807) is 6.07 Å². The van der Waals surface area contributed by atoms with E-state index in [0.29, 0.717) is 25.7 Å². The van der Waals surface area contributed by atoms with Crippen LogP contribution in [0.4, 0.5) is 5.82 Å². The van der Waals surface area contributed by atoms with Crippen molar-refractivity contribution in [3.8, 4) is 0 Å². The van der Waals surface area contributed by atoms with Gasteiger partial charge in [0, 0.05) is 25.1 Å². The summed E-state index contributed by atoms with van der Waals surface area (Å²) in [5.41, 5.74) is 5.66. The molecule has 2 heterocycles. The zero-order chi connectivity index (χ0) is 12.5.